The maximum Gasteiger partial charge on any atom is 0.326 e. The molecule has 0 aliphatic carbocycles. The molecule has 0 saturated heterocycles. The molecule has 0 bridgehead atoms. The summed E-state index contributed by atoms with van der Waals surface area (Å²) in [6.45, 7) is 7.59. The number of amides is 3. The number of hydrogen-bond acceptors (Lipinski definition) is 7. The molecule has 4 unspecified atom stereocenters. The van der Waals surface area contributed by atoms with E-state index in [4.69, 9.17) is 11.5 Å². The molecule has 11 heteroatoms. The van der Waals surface area contributed by atoms with Gasteiger partial charge in [-0.25, -0.2) is 4.79 Å². The molecule has 3 amide bonds. The molecule has 4 atom stereocenters. The Balaban J connectivity index is 3.10. The van der Waals surface area contributed by atoms with Crippen LogP contribution in [0, 0.1) is 11.8 Å². The molecule has 208 valence electrons. The van der Waals surface area contributed by atoms with Crippen LogP contribution < -0.4 is 27.4 Å². The van der Waals surface area contributed by atoms with E-state index >= 15 is 0 Å². The van der Waals surface area contributed by atoms with Crippen LogP contribution in [0.1, 0.15) is 58.9 Å². The number of benzene rings is 1. The average Bonchev–Trinajstić information content (AvgIpc) is 2.82. The number of carboxylic acids is 1. The first kappa shape index (κ1) is 31.8. The molecule has 1 aromatic carbocycles. The van der Waals surface area contributed by atoms with E-state index in [0.29, 0.717) is 24.9 Å². The van der Waals surface area contributed by atoms with Gasteiger partial charge >= 0.3 is 5.97 Å². The van der Waals surface area contributed by atoms with Gasteiger partial charge in [0.1, 0.15) is 23.9 Å². The first-order valence-corrected chi connectivity index (χ1v) is 12.7. The zero-order valence-corrected chi connectivity index (χ0v) is 22.2. The van der Waals surface area contributed by atoms with Gasteiger partial charge in [-0.2, -0.15) is 0 Å². The Morgan fingerprint density at radius 3 is 1.95 bits per heavy atom. The monoisotopic (exact) mass is 521 g/mol. The molecular weight excluding hydrogens is 478 g/mol. The van der Waals surface area contributed by atoms with Crippen molar-refractivity contribution in [3.8, 4) is 5.75 Å². The Kier molecular flexibility index (Phi) is 13.6. The van der Waals surface area contributed by atoms with Crippen LogP contribution in [0.15, 0.2) is 24.3 Å². The maximum atomic E-state index is 13.4. The van der Waals surface area contributed by atoms with Crippen LogP contribution in [0.3, 0.4) is 0 Å². The van der Waals surface area contributed by atoms with Crippen molar-refractivity contribution >= 4 is 23.7 Å². The van der Waals surface area contributed by atoms with Gasteiger partial charge in [-0.15, -0.1) is 0 Å². The molecule has 0 radical (unpaired) electrons. The second-order valence-corrected chi connectivity index (χ2v) is 10.1. The molecule has 9 N–H and O–H groups in total. The van der Waals surface area contributed by atoms with Crippen molar-refractivity contribution in [3.05, 3.63) is 29.8 Å². The van der Waals surface area contributed by atoms with Crippen LogP contribution in [0.5, 0.6) is 5.75 Å². The van der Waals surface area contributed by atoms with Crippen LogP contribution >= 0.6 is 0 Å². The lowest BCUT2D eigenvalue weighted by Gasteiger charge is -2.27. The smallest absolute Gasteiger partial charge is 0.326 e. The number of carboxylic acid groups (broad SMARTS) is 1. The summed E-state index contributed by atoms with van der Waals surface area (Å²) in [6, 6.07) is 2.18. The van der Waals surface area contributed by atoms with Crippen molar-refractivity contribution in [2.45, 2.75) is 84.0 Å². The highest BCUT2D eigenvalue weighted by Gasteiger charge is 2.31. The van der Waals surface area contributed by atoms with Crippen LogP contribution in [0.2, 0.25) is 0 Å². The summed E-state index contributed by atoms with van der Waals surface area (Å²) in [5, 5.41) is 26.9. The lowest BCUT2D eigenvalue weighted by atomic mass is 9.99. The predicted molar refractivity (Wildman–Crippen MR) is 140 cm³/mol. The lowest BCUT2D eigenvalue weighted by molar-refractivity contribution is -0.143. The topological polar surface area (TPSA) is 197 Å². The summed E-state index contributed by atoms with van der Waals surface area (Å²) in [7, 11) is 0. The Morgan fingerprint density at radius 1 is 0.865 bits per heavy atom. The van der Waals surface area contributed by atoms with Crippen molar-refractivity contribution in [1.29, 1.82) is 0 Å². The third-order valence-electron chi connectivity index (χ3n) is 5.89. The van der Waals surface area contributed by atoms with Gasteiger partial charge in [0.05, 0.1) is 6.04 Å². The Morgan fingerprint density at radius 2 is 1.43 bits per heavy atom. The fraction of sp³-hybridized carbons (Fsp3) is 0.615. The van der Waals surface area contributed by atoms with Crippen molar-refractivity contribution in [2.24, 2.45) is 23.3 Å². The number of phenols is 1. The van der Waals surface area contributed by atoms with Crippen LogP contribution in [0.25, 0.3) is 0 Å². The van der Waals surface area contributed by atoms with Gasteiger partial charge in [0.25, 0.3) is 0 Å². The van der Waals surface area contributed by atoms with Gasteiger partial charge < -0.3 is 37.6 Å². The van der Waals surface area contributed by atoms with Crippen LogP contribution in [-0.2, 0) is 25.6 Å². The van der Waals surface area contributed by atoms with E-state index in [1.807, 2.05) is 13.8 Å². The number of aromatic hydroxyl groups is 1. The quantitative estimate of drug-likeness (QED) is 0.154. The minimum Gasteiger partial charge on any atom is -0.508 e. The maximum absolute atomic E-state index is 13.4. The second-order valence-electron chi connectivity index (χ2n) is 10.1. The van der Waals surface area contributed by atoms with Crippen molar-refractivity contribution in [1.82, 2.24) is 16.0 Å². The number of nitrogens with one attached hydrogen (secondary N) is 3. The molecular formula is C26H43N5O6. The number of phenolic OH excluding ortho intramolecular Hbond substituents is 1. The largest absolute Gasteiger partial charge is 0.508 e. The highest BCUT2D eigenvalue weighted by Crippen LogP contribution is 2.13. The van der Waals surface area contributed by atoms with E-state index in [0.717, 1.165) is 6.42 Å². The van der Waals surface area contributed by atoms with Crippen LogP contribution in [-0.4, -0.2) is 64.6 Å². The summed E-state index contributed by atoms with van der Waals surface area (Å²) in [4.78, 5) is 50.7. The van der Waals surface area contributed by atoms with E-state index in [1.54, 1.807) is 26.0 Å². The van der Waals surface area contributed by atoms with E-state index in [9.17, 15) is 29.4 Å². The van der Waals surface area contributed by atoms with E-state index in [2.05, 4.69) is 16.0 Å². The molecule has 0 spiro atoms. The number of unbranched alkanes of at least 4 members (excludes halogenated alkanes) is 1. The standard InChI is InChI=1S/C26H43N5O6/c1-15(2)13-20(25(35)31-22(16(3)4)26(36)37)30-24(34)21(14-17-8-10-18(32)11-9-17)29-23(33)19(28)7-5-6-12-27/h8-11,15-16,19-22,32H,5-7,12-14,27-28H2,1-4H3,(H,29,33)(H,30,34)(H,31,35)(H,36,37). The highest BCUT2D eigenvalue weighted by molar-refractivity contribution is 5.94. The minimum atomic E-state index is -1.17. The van der Waals surface area contributed by atoms with Crippen molar-refractivity contribution in [3.63, 3.8) is 0 Å². The molecule has 0 aromatic heterocycles. The molecule has 37 heavy (non-hydrogen) atoms. The summed E-state index contributed by atoms with van der Waals surface area (Å²) in [6.07, 6.45) is 2.14. The van der Waals surface area contributed by atoms with Gasteiger partial charge in [0, 0.05) is 6.42 Å². The molecule has 1 aromatic rings. The SMILES string of the molecule is CC(C)CC(NC(=O)C(Cc1ccc(O)cc1)NC(=O)C(N)CCCCN)C(=O)NC(C(=O)O)C(C)C. The number of nitrogens with two attached hydrogens (primary N) is 2. The lowest BCUT2D eigenvalue weighted by Crippen LogP contribution is -2.58. The Hall–Kier alpha value is -3.18. The van der Waals surface area contributed by atoms with Gasteiger partial charge in [-0.3, -0.25) is 14.4 Å². The van der Waals surface area contributed by atoms with Crippen molar-refractivity contribution in [2.75, 3.05) is 6.54 Å². The summed E-state index contributed by atoms with van der Waals surface area (Å²) < 4.78 is 0. The number of carbonyl (C=O) groups is 4. The van der Waals surface area contributed by atoms with Gasteiger partial charge in [0.15, 0.2) is 0 Å². The zero-order chi connectivity index (χ0) is 28.1. The Labute approximate surface area is 218 Å². The number of aliphatic carboxylic acids is 1. The first-order valence-electron chi connectivity index (χ1n) is 12.7. The molecule has 1 rings (SSSR count). The highest BCUT2D eigenvalue weighted by atomic mass is 16.4. The molecule has 0 saturated carbocycles. The van der Waals surface area contributed by atoms with Gasteiger partial charge in [0.2, 0.25) is 17.7 Å². The third-order valence-corrected chi connectivity index (χ3v) is 5.89. The molecule has 0 aliphatic rings. The van der Waals surface area contributed by atoms with Crippen LogP contribution in [0.4, 0.5) is 0 Å². The third kappa shape index (κ3) is 11.6. The minimum absolute atomic E-state index is 0.0134. The number of rotatable bonds is 16. The van der Waals surface area contributed by atoms with Gasteiger partial charge in [-0.1, -0.05) is 46.2 Å². The first-order chi connectivity index (χ1) is 17.3. The fourth-order valence-electron chi connectivity index (χ4n) is 3.74. The van der Waals surface area contributed by atoms with Gasteiger partial charge in [-0.05, 0) is 55.3 Å². The van der Waals surface area contributed by atoms with E-state index in [-0.39, 0.29) is 30.4 Å². The zero-order valence-electron chi connectivity index (χ0n) is 22.2. The van der Waals surface area contributed by atoms with Crippen molar-refractivity contribution < 1.29 is 29.4 Å². The van der Waals surface area contributed by atoms with E-state index < -0.39 is 47.9 Å². The molecule has 11 nitrogen and oxygen atoms in total. The summed E-state index contributed by atoms with van der Waals surface area (Å²) >= 11 is 0. The van der Waals surface area contributed by atoms with E-state index in [1.165, 1.54) is 12.1 Å². The predicted octanol–water partition coefficient (Wildman–Crippen LogP) is 0.632. The molecule has 0 aliphatic heterocycles. The second kappa shape index (κ2) is 15.8. The fourth-order valence-corrected chi connectivity index (χ4v) is 3.74. The average molecular weight is 522 g/mol. The summed E-state index contributed by atoms with van der Waals surface area (Å²) in [5.41, 5.74) is 12.2. The summed E-state index contributed by atoms with van der Waals surface area (Å²) in [5.74, 6) is -3.18. The molecule has 0 heterocycles. The Bertz CT molecular complexity index is 890. The number of hydrogen-bond donors (Lipinski definition) is 7. The normalized spacial score (nSPS) is 14.5. The number of carbonyl (C=O) groups excluding carboxylic acids is 3. The molecule has 0 fully saturated rings.